The van der Waals surface area contributed by atoms with Crippen molar-refractivity contribution in [3.63, 3.8) is 0 Å². The van der Waals surface area contributed by atoms with E-state index in [0.29, 0.717) is 12.1 Å². The molecule has 2 N–H and O–H groups in total. The van der Waals surface area contributed by atoms with E-state index in [9.17, 15) is 13.5 Å². The van der Waals surface area contributed by atoms with Gasteiger partial charge in [-0.15, -0.1) is 0 Å². The highest BCUT2D eigenvalue weighted by Crippen LogP contribution is 2.28. The average molecular weight is 258 g/mol. The molecular formula is C11H18N2O3S. The van der Waals surface area contributed by atoms with Gasteiger partial charge in [-0.1, -0.05) is 25.1 Å². The molecule has 0 aliphatic heterocycles. The van der Waals surface area contributed by atoms with Gasteiger partial charge in [0.15, 0.2) is 0 Å². The van der Waals surface area contributed by atoms with Gasteiger partial charge in [0.25, 0.3) is 10.2 Å². The summed E-state index contributed by atoms with van der Waals surface area (Å²) in [5.74, 6) is 0.0959. The quantitative estimate of drug-likeness (QED) is 0.835. The molecule has 0 saturated carbocycles. The fraction of sp³-hybridized carbons (Fsp3) is 0.455. The Morgan fingerprint density at radius 3 is 2.53 bits per heavy atom. The number of phenolic OH excluding ortho intramolecular Hbond substituents is 1. The van der Waals surface area contributed by atoms with Crippen LogP contribution in [0.3, 0.4) is 0 Å². The van der Waals surface area contributed by atoms with Crippen molar-refractivity contribution in [1.29, 1.82) is 0 Å². The smallest absolute Gasteiger partial charge is 0.279 e. The lowest BCUT2D eigenvalue weighted by atomic mass is 10.1. The highest BCUT2D eigenvalue weighted by molar-refractivity contribution is 7.87. The second kappa shape index (κ2) is 5.48. The fourth-order valence-electron chi connectivity index (χ4n) is 1.53. The second-order valence-electron chi connectivity index (χ2n) is 3.75. The van der Waals surface area contributed by atoms with E-state index in [1.807, 2.05) is 0 Å². The van der Waals surface area contributed by atoms with E-state index in [-0.39, 0.29) is 5.75 Å². The van der Waals surface area contributed by atoms with E-state index in [1.165, 1.54) is 11.4 Å². The molecule has 0 aromatic heterocycles. The van der Waals surface area contributed by atoms with Crippen LogP contribution in [0, 0.1) is 0 Å². The molecule has 0 aliphatic carbocycles. The molecule has 0 amide bonds. The third kappa shape index (κ3) is 3.18. The highest BCUT2D eigenvalue weighted by atomic mass is 32.2. The zero-order valence-corrected chi connectivity index (χ0v) is 11.0. The standard InChI is InChI=1S/C11H18N2O3S/c1-4-12-17(15,16)13(3)9(2)10-7-5-6-8-11(10)14/h5-9,12,14H,4H2,1-3H3. The largest absolute Gasteiger partial charge is 0.508 e. The van der Waals surface area contributed by atoms with E-state index in [2.05, 4.69) is 4.72 Å². The highest BCUT2D eigenvalue weighted by Gasteiger charge is 2.24. The number of para-hydroxylation sites is 1. The summed E-state index contributed by atoms with van der Waals surface area (Å²) < 4.78 is 27.2. The van der Waals surface area contributed by atoms with E-state index in [1.54, 1.807) is 38.1 Å². The minimum atomic E-state index is -3.50. The zero-order valence-electron chi connectivity index (χ0n) is 10.2. The van der Waals surface area contributed by atoms with Gasteiger partial charge < -0.3 is 5.11 Å². The molecule has 1 unspecified atom stereocenters. The normalized spacial score (nSPS) is 13.9. The molecule has 0 spiro atoms. The molecule has 0 fully saturated rings. The lowest BCUT2D eigenvalue weighted by molar-refractivity contribution is 0.376. The molecule has 0 heterocycles. The first kappa shape index (κ1) is 14.0. The van der Waals surface area contributed by atoms with Crippen LogP contribution in [-0.2, 0) is 10.2 Å². The molecule has 5 nitrogen and oxygen atoms in total. The molecule has 0 bridgehead atoms. The van der Waals surface area contributed by atoms with Crippen LogP contribution in [0.15, 0.2) is 24.3 Å². The first-order valence-electron chi connectivity index (χ1n) is 5.40. The Balaban J connectivity index is 2.99. The molecule has 0 saturated heterocycles. The predicted molar refractivity (Wildman–Crippen MR) is 66.9 cm³/mol. The molecule has 0 radical (unpaired) electrons. The van der Waals surface area contributed by atoms with Crippen LogP contribution in [0.1, 0.15) is 25.5 Å². The third-order valence-electron chi connectivity index (χ3n) is 2.64. The second-order valence-corrected chi connectivity index (χ2v) is 5.57. The molecule has 6 heteroatoms. The predicted octanol–water partition coefficient (Wildman–Crippen LogP) is 1.24. The molecule has 0 aliphatic rings. The van der Waals surface area contributed by atoms with Crippen molar-refractivity contribution in [2.75, 3.05) is 13.6 Å². The van der Waals surface area contributed by atoms with E-state index in [0.717, 1.165) is 0 Å². The molecule has 96 valence electrons. The monoisotopic (exact) mass is 258 g/mol. The Morgan fingerprint density at radius 1 is 1.41 bits per heavy atom. The number of hydrogen-bond acceptors (Lipinski definition) is 3. The summed E-state index contributed by atoms with van der Waals surface area (Å²) in [6.45, 7) is 3.78. The molecular weight excluding hydrogens is 240 g/mol. The minimum Gasteiger partial charge on any atom is -0.508 e. The summed E-state index contributed by atoms with van der Waals surface area (Å²) in [7, 11) is -2.02. The van der Waals surface area contributed by atoms with Gasteiger partial charge in [0.05, 0.1) is 6.04 Å². The van der Waals surface area contributed by atoms with Crippen LogP contribution < -0.4 is 4.72 Å². The van der Waals surface area contributed by atoms with Gasteiger partial charge >= 0.3 is 0 Å². The lowest BCUT2D eigenvalue weighted by Crippen LogP contribution is -2.39. The topological polar surface area (TPSA) is 69.6 Å². The van der Waals surface area contributed by atoms with Crippen LogP contribution >= 0.6 is 0 Å². The summed E-state index contributed by atoms with van der Waals surface area (Å²) in [6.07, 6.45) is 0. The zero-order chi connectivity index (χ0) is 13.1. The van der Waals surface area contributed by atoms with Gasteiger partial charge in [0, 0.05) is 19.2 Å². The van der Waals surface area contributed by atoms with Crippen LogP contribution in [-0.4, -0.2) is 31.4 Å². The fourth-order valence-corrected chi connectivity index (χ4v) is 2.63. The average Bonchev–Trinajstić information content (AvgIpc) is 2.27. The maximum atomic E-state index is 11.8. The van der Waals surface area contributed by atoms with Crippen LogP contribution in [0.4, 0.5) is 0 Å². The van der Waals surface area contributed by atoms with Gasteiger partial charge in [-0.25, -0.2) is 4.72 Å². The van der Waals surface area contributed by atoms with E-state index in [4.69, 9.17) is 0 Å². The van der Waals surface area contributed by atoms with Crippen molar-refractivity contribution in [3.8, 4) is 5.75 Å². The van der Waals surface area contributed by atoms with E-state index >= 15 is 0 Å². The van der Waals surface area contributed by atoms with Gasteiger partial charge in [0.1, 0.15) is 5.75 Å². The van der Waals surface area contributed by atoms with Gasteiger partial charge in [-0.3, -0.25) is 0 Å². The minimum absolute atomic E-state index is 0.0959. The first-order valence-corrected chi connectivity index (χ1v) is 6.84. The number of rotatable bonds is 5. The lowest BCUT2D eigenvalue weighted by Gasteiger charge is -2.25. The number of hydrogen-bond donors (Lipinski definition) is 2. The first-order chi connectivity index (χ1) is 7.90. The molecule has 1 aromatic carbocycles. The summed E-state index contributed by atoms with van der Waals surface area (Å²) in [6, 6.07) is 6.28. The summed E-state index contributed by atoms with van der Waals surface area (Å²) in [4.78, 5) is 0. The number of benzene rings is 1. The van der Waals surface area contributed by atoms with Crippen molar-refractivity contribution >= 4 is 10.2 Å². The number of nitrogens with one attached hydrogen (secondary N) is 1. The van der Waals surface area contributed by atoms with E-state index < -0.39 is 16.3 Å². The number of phenols is 1. The van der Waals surface area contributed by atoms with Gasteiger partial charge in [-0.2, -0.15) is 12.7 Å². The van der Waals surface area contributed by atoms with Crippen LogP contribution in [0.2, 0.25) is 0 Å². The maximum absolute atomic E-state index is 11.8. The van der Waals surface area contributed by atoms with Crippen LogP contribution in [0.5, 0.6) is 5.75 Å². The van der Waals surface area contributed by atoms with Crippen LogP contribution in [0.25, 0.3) is 0 Å². The van der Waals surface area contributed by atoms with Gasteiger partial charge in [-0.05, 0) is 13.0 Å². The Bertz CT molecular complexity index is 473. The van der Waals surface area contributed by atoms with Gasteiger partial charge in [0.2, 0.25) is 0 Å². The van der Waals surface area contributed by atoms with Crippen molar-refractivity contribution in [2.24, 2.45) is 0 Å². The molecule has 1 atom stereocenters. The SMILES string of the molecule is CCNS(=O)(=O)N(C)C(C)c1ccccc1O. The summed E-state index contributed by atoms with van der Waals surface area (Å²) in [5, 5.41) is 9.68. The van der Waals surface area contributed by atoms with Crippen molar-refractivity contribution < 1.29 is 13.5 Å². The Kier molecular flexibility index (Phi) is 4.50. The van der Waals surface area contributed by atoms with Crippen molar-refractivity contribution in [3.05, 3.63) is 29.8 Å². The Labute approximate surface area is 102 Å². The Morgan fingerprint density at radius 2 is 2.00 bits per heavy atom. The summed E-state index contributed by atoms with van der Waals surface area (Å²) in [5.41, 5.74) is 0.580. The maximum Gasteiger partial charge on any atom is 0.279 e. The third-order valence-corrected chi connectivity index (χ3v) is 4.37. The Hall–Kier alpha value is -1.11. The van der Waals surface area contributed by atoms with Crippen molar-refractivity contribution in [2.45, 2.75) is 19.9 Å². The molecule has 17 heavy (non-hydrogen) atoms. The van der Waals surface area contributed by atoms with Crippen molar-refractivity contribution in [1.82, 2.24) is 9.03 Å². The number of nitrogens with zero attached hydrogens (tertiary/aromatic N) is 1. The number of aromatic hydroxyl groups is 1. The summed E-state index contributed by atoms with van der Waals surface area (Å²) >= 11 is 0. The molecule has 1 rings (SSSR count). The molecule has 1 aromatic rings.